The normalized spacial score (nSPS) is 16.0. The molecule has 164 valence electrons. The minimum atomic E-state index is -0.583. The van der Waals surface area contributed by atoms with Crippen LogP contribution in [0.5, 0.6) is 0 Å². The van der Waals surface area contributed by atoms with Gasteiger partial charge in [-0.2, -0.15) is 0 Å². The third-order valence-electron chi connectivity index (χ3n) is 5.12. The monoisotopic (exact) mass is 576 g/mol. The Bertz CT molecular complexity index is 1370. The minimum Gasteiger partial charge on any atom is -0.463 e. The molecule has 0 spiro atoms. The molecule has 0 saturated heterocycles. The lowest BCUT2D eigenvalue weighted by atomic mass is 9.96. The molecule has 0 N–H and O–H groups in total. The highest BCUT2D eigenvalue weighted by molar-refractivity contribution is 14.1. The Balaban J connectivity index is 1.93. The molecular weight excluding hydrogens is 555 g/mol. The lowest BCUT2D eigenvalue weighted by molar-refractivity contribution is -0.139. The highest BCUT2D eigenvalue weighted by Crippen LogP contribution is 2.31. The summed E-state index contributed by atoms with van der Waals surface area (Å²) in [5.41, 5.74) is 2.60. The fraction of sp³-hybridized carbons (Fsp3) is 0.208. The Morgan fingerprint density at radius 2 is 1.91 bits per heavy atom. The average molecular weight is 576 g/mol. The third-order valence-corrected chi connectivity index (χ3v) is 7.56. The van der Waals surface area contributed by atoms with Crippen LogP contribution in [0.15, 0.2) is 74.5 Å². The van der Waals surface area contributed by atoms with Gasteiger partial charge in [-0.05, 0) is 84.2 Å². The first-order valence-electron chi connectivity index (χ1n) is 10.0. The first kappa shape index (κ1) is 23.0. The van der Waals surface area contributed by atoms with Gasteiger partial charge in [0.1, 0.15) is 0 Å². The molecule has 4 rings (SSSR count). The molecule has 1 aliphatic heterocycles. The van der Waals surface area contributed by atoms with E-state index in [2.05, 4.69) is 27.6 Å². The zero-order valence-corrected chi connectivity index (χ0v) is 21.6. The maximum Gasteiger partial charge on any atom is 0.338 e. The fourth-order valence-corrected chi connectivity index (χ4v) is 5.42. The largest absolute Gasteiger partial charge is 0.463 e. The fourth-order valence-electron chi connectivity index (χ4n) is 3.60. The standard InChI is InChI=1S/C24H21IN2O3S2/c1-4-30-23(29)20-14(2)26-24-27(21(20)16-7-11-18(31-3)12-8-16)22(28)19(32-24)13-15-5-9-17(25)10-6-15/h5-13,21H,4H2,1-3H3/b19-13-/t21-/m0/s1. The lowest BCUT2D eigenvalue weighted by Gasteiger charge is -2.24. The van der Waals surface area contributed by atoms with Crippen molar-refractivity contribution in [2.45, 2.75) is 24.8 Å². The van der Waals surface area contributed by atoms with Crippen LogP contribution in [0, 0.1) is 3.57 Å². The van der Waals surface area contributed by atoms with Crippen LogP contribution in [0.1, 0.15) is 31.0 Å². The van der Waals surface area contributed by atoms with Gasteiger partial charge in [0.15, 0.2) is 4.80 Å². The SMILES string of the molecule is CCOC(=O)C1=C(C)N=c2s/c(=C\c3ccc(I)cc3)c(=O)n2[C@H]1c1ccc(SC)cc1. The number of carbonyl (C=O) groups excluding carboxylic acids is 1. The molecule has 0 amide bonds. The van der Waals surface area contributed by atoms with Gasteiger partial charge in [0.2, 0.25) is 0 Å². The van der Waals surface area contributed by atoms with Gasteiger partial charge in [-0.1, -0.05) is 35.6 Å². The van der Waals surface area contributed by atoms with E-state index in [9.17, 15) is 9.59 Å². The summed E-state index contributed by atoms with van der Waals surface area (Å²) >= 11 is 5.23. The summed E-state index contributed by atoms with van der Waals surface area (Å²) < 4.78 is 8.66. The van der Waals surface area contributed by atoms with Crippen molar-refractivity contribution >= 4 is 57.7 Å². The number of carbonyl (C=O) groups is 1. The van der Waals surface area contributed by atoms with Crippen LogP contribution in [0.25, 0.3) is 6.08 Å². The van der Waals surface area contributed by atoms with Crippen LogP contribution < -0.4 is 14.9 Å². The quantitative estimate of drug-likeness (QED) is 0.261. The molecule has 3 aromatic rings. The Labute approximate surface area is 207 Å². The number of ether oxygens (including phenoxy) is 1. The number of fused-ring (bicyclic) bond motifs is 1. The highest BCUT2D eigenvalue weighted by atomic mass is 127. The van der Waals surface area contributed by atoms with E-state index >= 15 is 0 Å². The number of benzene rings is 2. The van der Waals surface area contributed by atoms with Gasteiger partial charge >= 0.3 is 5.97 Å². The maximum atomic E-state index is 13.5. The number of hydrogen-bond donors (Lipinski definition) is 0. The van der Waals surface area contributed by atoms with Crippen molar-refractivity contribution in [1.82, 2.24) is 4.57 Å². The molecule has 1 aliphatic rings. The van der Waals surface area contributed by atoms with Crippen molar-refractivity contribution < 1.29 is 9.53 Å². The number of nitrogens with zero attached hydrogens (tertiary/aromatic N) is 2. The van der Waals surface area contributed by atoms with Crippen LogP contribution in [-0.2, 0) is 9.53 Å². The topological polar surface area (TPSA) is 60.7 Å². The van der Waals surface area contributed by atoms with Crippen LogP contribution in [-0.4, -0.2) is 23.4 Å². The lowest BCUT2D eigenvalue weighted by Crippen LogP contribution is -2.39. The molecule has 0 saturated carbocycles. The van der Waals surface area contributed by atoms with E-state index in [1.54, 1.807) is 30.2 Å². The summed E-state index contributed by atoms with van der Waals surface area (Å²) in [5, 5.41) is 0. The van der Waals surface area contributed by atoms with Crippen molar-refractivity contribution in [3.8, 4) is 0 Å². The molecule has 0 bridgehead atoms. The molecule has 1 aromatic heterocycles. The molecule has 0 unspecified atom stereocenters. The molecule has 0 aliphatic carbocycles. The van der Waals surface area contributed by atoms with Crippen molar-refractivity contribution in [1.29, 1.82) is 0 Å². The zero-order chi connectivity index (χ0) is 22.8. The molecule has 0 radical (unpaired) electrons. The summed E-state index contributed by atoms with van der Waals surface area (Å²) in [5.74, 6) is -0.445. The van der Waals surface area contributed by atoms with E-state index in [1.807, 2.05) is 60.9 Å². The second kappa shape index (κ2) is 9.76. The van der Waals surface area contributed by atoms with E-state index in [-0.39, 0.29) is 12.2 Å². The Kier molecular flexibility index (Phi) is 7.02. The molecule has 32 heavy (non-hydrogen) atoms. The van der Waals surface area contributed by atoms with Crippen LogP contribution in [0.3, 0.4) is 0 Å². The predicted molar refractivity (Wildman–Crippen MR) is 138 cm³/mol. The molecule has 2 heterocycles. The van der Waals surface area contributed by atoms with Gasteiger partial charge in [0.25, 0.3) is 5.56 Å². The molecule has 5 nitrogen and oxygen atoms in total. The predicted octanol–water partition coefficient (Wildman–Crippen LogP) is 4.12. The zero-order valence-electron chi connectivity index (χ0n) is 17.8. The van der Waals surface area contributed by atoms with E-state index in [0.29, 0.717) is 20.6 Å². The summed E-state index contributed by atoms with van der Waals surface area (Å²) in [6.45, 7) is 3.82. The maximum absolute atomic E-state index is 13.5. The Hall–Kier alpha value is -2.17. The Morgan fingerprint density at radius 1 is 1.22 bits per heavy atom. The smallest absolute Gasteiger partial charge is 0.338 e. The van der Waals surface area contributed by atoms with Crippen molar-refractivity contribution in [3.05, 3.63) is 94.2 Å². The molecule has 2 aromatic carbocycles. The molecule has 8 heteroatoms. The number of thiazole rings is 1. The van der Waals surface area contributed by atoms with Gasteiger partial charge in [-0.25, -0.2) is 9.79 Å². The van der Waals surface area contributed by atoms with Gasteiger partial charge < -0.3 is 4.74 Å². The van der Waals surface area contributed by atoms with E-state index in [4.69, 9.17) is 4.74 Å². The number of aromatic nitrogens is 1. The van der Waals surface area contributed by atoms with Crippen LogP contribution >= 0.6 is 45.7 Å². The van der Waals surface area contributed by atoms with Crippen molar-refractivity contribution in [3.63, 3.8) is 0 Å². The van der Waals surface area contributed by atoms with Gasteiger partial charge in [-0.3, -0.25) is 9.36 Å². The second-order valence-electron chi connectivity index (χ2n) is 7.13. The third kappa shape index (κ3) is 4.49. The first-order chi connectivity index (χ1) is 15.4. The summed E-state index contributed by atoms with van der Waals surface area (Å²) in [4.78, 5) is 32.7. The van der Waals surface area contributed by atoms with Crippen molar-refractivity contribution in [2.75, 3.05) is 12.9 Å². The summed E-state index contributed by atoms with van der Waals surface area (Å²) in [6.07, 6.45) is 3.88. The summed E-state index contributed by atoms with van der Waals surface area (Å²) in [7, 11) is 0. The van der Waals surface area contributed by atoms with Gasteiger partial charge in [0, 0.05) is 8.47 Å². The molecular formula is C24H21IN2O3S2. The van der Waals surface area contributed by atoms with Gasteiger partial charge in [-0.15, -0.1) is 11.8 Å². The van der Waals surface area contributed by atoms with Crippen LogP contribution in [0.4, 0.5) is 0 Å². The second-order valence-corrected chi connectivity index (χ2v) is 10.3. The van der Waals surface area contributed by atoms with E-state index < -0.39 is 12.0 Å². The molecule has 0 fully saturated rings. The molecule has 1 atom stereocenters. The summed E-state index contributed by atoms with van der Waals surface area (Å²) in [6, 6.07) is 15.3. The first-order valence-corrected chi connectivity index (χ1v) is 13.1. The van der Waals surface area contributed by atoms with Crippen molar-refractivity contribution in [2.24, 2.45) is 4.99 Å². The number of hydrogen-bond acceptors (Lipinski definition) is 6. The Morgan fingerprint density at radius 3 is 2.53 bits per heavy atom. The highest BCUT2D eigenvalue weighted by Gasteiger charge is 2.33. The number of allylic oxidation sites excluding steroid dienone is 1. The number of esters is 1. The average Bonchev–Trinajstić information content (AvgIpc) is 3.09. The minimum absolute atomic E-state index is 0.166. The van der Waals surface area contributed by atoms with E-state index in [0.717, 1.165) is 19.6 Å². The van der Waals surface area contributed by atoms with E-state index in [1.165, 1.54) is 11.3 Å². The number of rotatable bonds is 5. The number of thioether (sulfide) groups is 1. The number of halogens is 1. The van der Waals surface area contributed by atoms with Crippen LogP contribution in [0.2, 0.25) is 0 Å². The van der Waals surface area contributed by atoms with Gasteiger partial charge in [0.05, 0.1) is 28.5 Å².